The van der Waals surface area contributed by atoms with Crippen LogP contribution < -0.4 is 0 Å². The molecule has 0 unspecified atom stereocenters. The van der Waals surface area contributed by atoms with Crippen molar-refractivity contribution < 1.29 is 5.11 Å². The number of benzene rings is 2. The molecule has 0 spiro atoms. The predicted molar refractivity (Wildman–Crippen MR) is 130 cm³/mol. The maximum atomic E-state index is 10.9. The molecular weight excluding hydrogens is 382 g/mol. The Bertz CT molecular complexity index is 912. The monoisotopic (exact) mass is 421 g/mol. The van der Waals surface area contributed by atoms with E-state index >= 15 is 0 Å². The van der Waals surface area contributed by atoms with Gasteiger partial charge in [0.05, 0.1) is 0 Å². The highest BCUT2D eigenvalue weighted by molar-refractivity contribution is 5.73. The largest absolute Gasteiger partial charge is 0.505 e. The summed E-state index contributed by atoms with van der Waals surface area (Å²) in [7, 11) is 0. The molecule has 31 heavy (non-hydrogen) atoms. The molecule has 0 atom stereocenters. The van der Waals surface area contributed by atoms with Crippen molar-refractivity contribution in [2.75, 3.05) is 0 Å². The molecule has 2 aromatic carbocycles. The Morgan fingerprint density at radius 3 is 1.90 bits per heavy atom. The van der Waals surface area contributed by atoms with E-state index in [1.165, 1.54) is 69.8 Å². The molecular formula is C27H39N3O. The minimum absolute atomic E-state index is 0.247. The molecule has 0 aliphatic heterocycles. The van der Waals surface area contributed by atoms with Gasteiger partial charge < -0.3 is 5.11 Å². The van der Waals surface area contributed by atoms with Gasteiger partial charge in [0, 0.05) is 0 Å². The Morgan fingerprint density at radius 2 is 1.35 bits per heavy atom. The first-order chi connectivity index (χ1) is 15.1. The van der Waals surface area contributed by atoms with Crippen molar-refractivity contribution in [3.63, 3.8) is 0 Å². The van der Waals surface area contributed by atoms with Gasteiger partial charge in [0.25, 0.3) is 0 Å². The second-order valence-electron chi connectivity index (χ2n) is 9.12. The second kappa shape index (κ2) is 11.9. The van der Waals surface area contributed by atoms with E-state index in [0.29, 0.717) is 11.4 Å². The van der Waals surface area contributed by atoms with Crippen molar-refractivity contribution >= 4 is 11.0 Å². The lowest BCUT2D eigenvalue weighted by Gasteiger charge is -2.15. The van der Waals surface area contributed by atoms with Crippen molar-refractivity contribution in [2.45, 2.75) is 97.3 Å². The number of aromatic nitrogens is 3. The lowest BCUT2D eigenvalue weighted by molar-refractivity contribution is 0.457. The average Bonchev–Trinajstić information content (AvgIpc) is 3.19. The summed E-state index contributed by atoms with van der Waals surface area (Å²) in [5.74, 6) is 0.540. The third kappa shape index (κ3) is 6.56. The standard InChI is InChI=1S/C27H39N3O/c1-4-5-6-7-8-9-10-11-12-13-16-22-19-23(21(2)3)27(31)26(20-22)30-28-24-17-14-15-18-25(24)29-30/h14-15,17-21,31H,4-13,16H2,1-3H3. The quantitative estimate of drug-likeness (QED) is 0.287. The van der Waals surface area contributed by atoms with Crippen LogP contribution in [-0.4, -0.2) is 20.1 Å². The molecule has 0 fully saturated rings. The predicted octanol–water partition coefficient (Wildman–Crippen LogP) is 7.71. The fraction of sp³-hybridized carbons (Fsp3) is 0.556. The van der Waals surface area contributed by atoms with Crippen molar-refractivity contribution in [1.29, 1.82) is 0 Å². The first-order valence-corrected chi connectivity index (χ1v) is 12.3. The van der Waals surface area contributed by atoms with Crippen LogP contribution in [0.1, 0.15) is 102 Å². The van der Waals surface area contributed by atoms with Crippen LogP contribution in [-0.2, 0) is 6.42 Å². The Morgan fingerprint density at radius 1 is 0.806 bits per heavy atom. The van der Waals surface area contributed by atoms with E-state index in [-0.39, 0.29) is 5.92 Å². The van der Waals surface area contributed by atoms with Gasteiger partial charge >= 0.3 is 0 Å². The zero-order valence-corrected chi connectivity index (χ0v) is 19.6. The van der Waals surface area contributed by atoms with Crippen molar-refractivity contribution in [1.82, 2.24) is 15.0 Å². The number of aryl methyl sites for hydroxylation is 1. The van der Waals surface area contributed by atoms with Crippen LogP contribution in [0.3, 0.4) is 0 Å². The zero-order valence-electron chi connectivity index (χ0n) is 19.6. The molecule has 1 N–H and O–H groups in total. The van der Waals surface area contributed by atoms with Crippen LogP contribution in [0.5, 0.6) is 5.75 Å². The molecule has 4 heteroatoms. The van der Waals surface area contributed by atoms with E-state index in [1.54, 1.807) is 4.80 Å². The van der Waals surface area contributed by atoms with E-state index in [9.17, 15) is 5.11 Å². The normalized spacial score (nSPS) is 11.6. The number of unbranched alkanes of at least 4 members (excludes halogenated alkanes) is 9. The molecule has 0 bridgehead atoms. The van der Waals surface area contributed by atoms with E-state index < -0.39 is 0 Å². The van der Waals surface area contributed by atoms with Gasteiger partial charge in [0.2, 0.25) is 0 Å². The molecule has 0 saturated carbocycles. The second-order valence-corrected chi connectivity index (χ2v) is 9.12. The molecule has 168 valence electrons. The number of phenolic OH excluding ortho intramolecular Hbond substituents is 1. The van der Waals surface area contributed by atoms with Gasteiger partial charge in [-0.25, -0.2) is 0 Å². The first-order valence-electron chi connectivity index (χ1n) is 12.3. The van der Waals surface area contributed by atoms with Crippen LogP contribution >= 0.6 is 0 Å². The average molecular weight is 422 g/mol. The Balaban J connectivity index is 1.59. The number of rotatable bonds is 13. The van der Waals surface area contributed by atoms with Gasteiger partial charge in [-0.2, -0.15) is 0 Å². The van der Waals surface area contributed by atoms with Gasteiger partial charge in [0.15, 0.2) is 0 Å². The fourth-order valence-electron chi connectivity index (χ4n) is 4.22. The third-order valence-corrected chi connectivity index (χ3v) is 6.12. The van der Waals surface area contributed by atoms with Gasteiger partial charge in [-0.05, 0) is 48.1 Å². The number of fused-ring (bicyclic) bond motifs is 1. The number of nitrogens with zero attached hydrogens (tertiary/aromatic N) is 3. The summed E-state index contributed by atoms with van der Waals surface area (Å²) in [4.78, 5) is 1.59. The van der Waals surface area contributed by atoms with E-state index in [4.69, 9.17) is 0 Å². The molecule has 3 aromatic rings. The zero-order chi connectivity index (χ0) is 22.1. The van der Waals surface area contributed by atoms with Crippen molar-refractivity contribution in [3.8, 4) is 11.4 Å². The minimum atomic E-state index is 0.247. The molecule has 0 radical (unpaired) electrons. The lowest BCUT2D eigenvalue weighted by Crippen LogP contribution is -2.04. The summed E-state index contributed by atoms with van der Waals surface area (Å²) >= 11 is 0. The lowest BCUT2D eigenvalue weighted by atomic mass is 9.96. The maximum absolute atomic E-state index is 10.9. The van der Waals surface area contributed by atoms with Crippen LogP contribution in [0, 0.1) is 0 Å². The Hall–Kier alpha value is -2.36. The summed E-state index contributed by atoms with van der Waals surface area (Å²) in [5.41, 5.74) is 4.60. The van der Waals surface area contributed by atoms with Crippen LogP contribution in [0.25, 0.3) is 16.7 Å². The summed E-state index contributed by atoms with van der Waals surface area (Å²) in [6.07, 6.45) is 14.4. The summed E-state index contributed by atoms with van der Waals surface area (Å²) in [6, 6.07) is 12.1. The van der Waals surface area contributed by atoms with E-state index in [2.05, 4.69) is 43.1 Å². The smallest absolute Gasteiger partial charge is 0.146 e. The minimum Gasteiger partial charge on any atom is -0.505 e. The third-order valence-electron chi connectivity index (χ3n) is 6.12. The summed E-state index contributed by atoms with van der Waals surface area (Å²) in [6.45, 7) is 6.51. The Labute approximate surface area is 187 Å². The molecule has 4 nitrogen and oxygen atoms in total. The van der Waals surface area contributed by atoms with Gasteiger partial charge in [0.1, 0.15) is 22.5 Å². The van der Waals surface area contributed by atoms with E-state index in [0.717, 1.165) is 23.0 Å². The van der Waals surface area contributed by atoms with Crippen LogP contribution in [0.2, 0.25) is 0 Å². The van der Waals surface area contributed by atoms with E-state index in [1.807, 2.05) is 24.3 Å². The highest BCUT2D eigenvalue weighted by Crippen LogP contribution is 2.33. The molecule has 3 rings (SSSR count). The topological polar surface area (TPSA) is 50.9 Å². The number of phenols is 1. The number of aromatic hydroxyl groups is 1. The number of hydrogen-bond donors (Lipinski definition) is 1. The van der Waals surface area contributed by atoms with Crippen molar-refractivity contribution in [2.24, 2.45) is 0 Å². The molecule has 1 aromatic heterocycles. The molecule has 0 aliphatic rings. The van der Waals surface area contributed by atoms with Crippen LogP contribution in [0.15, 0.2) is 36.4 Å². The van der Waals surface area contributed by atoms with Gasteiger partial charge in [-0.1, -0.05) is 96.8 Å². The van der Waals surface area contributed by atoms with Crippen molar-refractivity contribution in [3.05, 3.63) is 47.5 Å². The van der Waals surface area contributed by atoms with Gasteiger partial charge in [-0.15, -0.1) is 15.0 Å². The molecule has 0 aliphatic carbocycles. The summed E-state index contributed by atoms with van der Waals surface area (Å²) in [5, 5.41) is 20.1. The summed E-state index contributed by atoms with van der Waals surface area (Å²) < 4.78 is 0. The molecule has 0 saturated heterocycles. The molecule has 1 heterocycles. The fourth-order valence-corrected chi connectivity index (χ4v) is 4.22. The number of hydrogen-bond acceptors (Lipinski definition) is 3. The van der Waals surface area contributed by atoms with Crippen LogP contribution in [0.4, 0.5) is 0 Å². The maximum Gasteiger partial charge on any atom is 0.146 e. The highest BCUT2D eigenvalue weighted by atomic mass is 16.3. The van der Waals surface area contributed by atoms with Gasteiger partial charge in [-0.3, -0.25) is 0 Å². The highest BCUT2D eigenvalue weighted by Gasteiger charge is 2.16. The first kappa shape index (κ1) is 23.3. The molecule has 0 amide bonds. The Kier molecular flexibility index (Phi) is 8.93. The SMILES string of the molecule is CCCCCCCCCCCCc1cc(C(C)C)c(O)c(-n2nc3ccccc3n2)c1.